The van der Waals surface area contributed by atoms with Crippen molar-refractivity contribution in [2.24, 2.45) is 0 Å². The fourth-order valence-electron chi connectivity index (χ4n) is 6.07. The average molecular weight is 593 g/mol. The van der Waals surface area contributed by atoms with Crippen molar-refractivity contribution in [1.29, 1.82) is 0 Å². The molecule has 7 heterocycles. The van der Waals surface area contributed by atoms with Crippen molar-refractivity contribution in [3.8, 4) is 0 Å². The van der Waals surface area contributed by atoms with Crippen molar-refractivity contribution in [3.63, 3.8) is 0 Å². The molecule has 0 spiro atoms. The first-order valence-electron chi connectivity index (χ1n) is 13.7. The number of nitrogens with zero attached hydrogens (tertiary/aromatic N) is 2. The summed E-state index contributed by atoms with van der Waals surface area (Å²) in [6.45, 7) is 2.29. The molecule has 7 aromatic heterocycles. The van der Waals surface area contributed by atoms with E-state index in [1.54, 1.807) is 0 Å². The van der Waals surface area contributed by atoms with Gasteiger partial charge in [-0.3, -0.25) is 0 Å². The summed E-state index contributed by atoms with van der Waals surface area (Å²) >= 11 is 8.89. The van der Waals surface area contributed by atoms with Crippen LogP contribution < -0.4 is 0 Å². The van der Waals surface area contributed by atoms with E-state index in [4.69, 9.17) is 8.75 Å². The zero-order valence-corrected chi connectivity index (χ0v) is 25.3. The maximum atomic E-state index is 4.84. The summed E-state index contributed by atoms with van der Waals surface area (Å²) in [5.41, 5.74) is 8.53. The molecule has 0 saturated carbocycles. The molecule has 0 unspecified atom stereocenters. The minimum atomic E-state index is 1.05. The second kappa shape index (κ2) is 9.55. The van der Waals surface area contributed by atoms with E-state index in [2.05, 4.69) is 33.7 Å². The molecule has 8 rings (SSSR count). The zero-order chi connectivity index (χ0) is 25.2. The molecule has 194 valence electrons. The van der Waals surface area contributed by atoms with Crippen molar-refractivity contribution < 1.29 is 0 Å². The van der Waals surface area contributed by atoms with E-state index >= 15 is 0 Å². The number of nitrogens with one attached hydrogen (secondary N) is 2. The Morgan fingerprint density at radius 3 is 2.05 bits per heavy atom. The second-order valence-electron chi connectivity index (χ2n) is 10.4. The largest absolute Gasteiger partial charge is 0.351 e. The number of hydrogen-bond acceptors (Lipinski definition) is 7. The number of aryl methyl sites for hydroxylation is 1. The lowest BCUT2D eigenvalue weighted by atomic mass is 10.1. The third kappa shape index (κ3) is 3.55. The van der Waals surface area contributed by atoms with E-state index < -0.39 is 0 Å². The Labute approximate surface area is 240 Å². The van der Waals surface area contributed by atoms with Gasteiger partial charge in [-0.05, 0) is 35.2 Å². The number of H-pyrrole nitrogens is 2. The lowest BCUT2D eigenvalue weighted by molar-refractivity contribution is 0.565. The third-order valence-electron chi connectivity index (χ3n) is 7.99. The predicted molar refractivity (Wildman–Crippen MR) is 174 cm³/mol. The van der Waals surface area contributed by atoms with Crippen LogP contribution in [0.1, 0.15) is 70.3 Å². The second-order valence-corrected chi connectivity index (χ2v) is 14.8. The summed E-state index contributed by atoms with van der Waals surface area (Å²) in [5.74, 6) is 0. The minimum absolute atomic E-state index is 1.05. The van der Waals surface area contributed by atoms with Gasteiger partial charge in [0.15, 0.2) is 0 Å². The van der Waals surface area contributed by atoms with E-state index in [1.807, 2.05) is 45.3 Å². The van der Waals surface area contributed by atoms with E-state index in [0.717, 1.165) is 11.0 Å². The molecule has 9 heteroatoms. The monoisotopic (exact) mass is 592 g/mol. The van der Waals surface area contributed by atoms with E-state index in [-0.39, 0.29) is 0 Å². The van der Waals surface area contributed by atoms with Crippen molar-refractivity contribution in [1.82, 2.24) is 18.7 Å². The molecule has 0 radical (unpaired) electrons. The Morgan fingerprint density at radius 1 is 0.658 bits per heavy atom. The van der Waals surface area contributed by atoms with Crippen LogP contribution in [0.5, 0.6) is 0 Å². The normalized spacial score (nSPS) is 12.9. The van der Waals surface area contributed by atoms with Gasteiger partial charge in [0, 0.05) is 15.5 Å². The molecule has 38 heavy (non-hydrogen) atoms. The number of fused-ring (bicyclic) bond motifs is 14. The van der Waals surface area contributed by atoms with Crippen LogP contribution in [0.25, 0.3) is 72.1 Å². The summed E-state index contributed by atoms with van der Waals surface area (Å²) in [6, 6.07) is 2.23. The molecule has 0 bridgehead atoms. The van der Waals surface area contributed by atoms with Crippen molar-refractivity contribution in [2.75, 3.05) is 0 Å². The van der Waals surface area contributed by atoms with Crippen LogP contribution in [0.3, 0.4) is 0 Å². The standard InChI is InChI=1S/C29H28N4S5/c1-2-3-4-5-6-7-8-9-10-11-15-14-35-29-24-28(37-25(15)29)18-20(31-24)19-17(21-22(18)33-38-32-21)27-23(30-19)26-16(36-27)12-13-34-26/h12-14,30-31H,2-11H2,1H3. The number of aromatic nitrogens is 4. The van der Waals surface area contributed by atoms with Crippen LogP contribution in [0.15, 0.2) is 16.8 Å². The maximum Gasteiger partial charge on any atom is 0.116 e. The van der Waals surface area contributed by atoms with Gasteiger partial charge in [0.25, 0.3) is 0 Å². The van der Waals surface area contributed by atoms with E-state index in [1.165, 1.54) is 143 Å². The first-order valence-corrected chi connectivity index (χ1v) is 17.9. The first kappa shape index (κ1) is 23.8. The van der Waals surface area contributed by atoms with Gasteiger partial charge in [0.1, 0.15) is 11.0 Å². The molecule has 0 aliphatic heterocycles. The molecule has 0 aliphatic carbocycles. The number of aromatic amines is 2. The minimum Gasteiger partial charge on any atom is -0.351 e. The molecule has 4 nitrogen and oxygen atoms in total. The number of thiophene rings is 4. The molecule has 0 atom stereocenters. The molecular formula is C29H28N4S5. The fraction of sp³-hybridized carbons (Fsp3) is 0.379. The molecule has 8 aromatic rings. The summed E-state index contributed by atoms with van der Waals surface area (Å²) in [6.07, 6.45) is 13.6. The van der Waals surface area contributed by atoms with Gasteiger partial charge in [-0.15, -0.1) is 45.3 Å². The Kier molecular flexibility index (Phi) is 5.99. The Bertz CT molecular complexity index is 2070. The van der Waals surface area contributed by atoms with E-state index in [0.29, 0.717) is 0 Å². The summed E-state index contributed by atoms with van der Waals surface area (Å²) in [4.78, 5) is 7.68. The van der Waals surface area contributed by atoms with E-state index in [9.17, 15) is 0 Å². The quantitative estimate of drug-likeness (QED) is 0.155. The van der Waals surface area contributed by atoms with Crippen LogP contribution in [-0.4, -0.2) is 18.7 Å². The fourth-order valence-corrected chi connectivity index (χ4v) is 11.6. The maximum absolute atomic E-state index is 4.84. The van der Waals surface area contributed by atoms with Gasteiger partial charge in [-0.25, -0.2) is 0 Å². The molecule has 0 amide bonds. The average Bonchev–Trinajstić information content (AvgIpc) is 3.73. The molecular weight excluding hydrogens is 565 g/mol. The number of benzene rings is 1. The SMILES string of the molecule is CCCCCCCCCCCc1csc2c1sc1c2[nH]c2c3[nH]c4c5sccc5sc4c3c3nsnc3c21. The van der Waals surface area contributed by atoms with Gasteiger partial charge >= 0.3 is 0 Å². The summed E-state index contributed by atoms with van der Waals surface area (Å²) in [5, 5.41) is 7.07. The Morgan fingerprint density at radius 2 is 1.32 bits per heavy atom. The van der Waals surface area contributed by atoms with Gasteiger partial charge in [-0.2, -0.15) is 8.75 Å². The zero-order valence-electron chi connectivity index (χ0n) is 21.2. The molecule has 1 aromatic carbocycles. The Hall–Kier alpha value is -2.04. The number of hydrogen-bond donors (Lipinski definition) is 2. The van der Waals surface area contributed by atoms with Crippen LogP contribution in [-0.2, 0) is 6.42 Å². The highest BCUT2D eigenvalue weighted by Gasteiger charge is 2.25. The summed E-state index contributed by atoms with van der Waals surface area (Å²) < 4.78 is 17.9. The lowest BCUT2D eigenvalue weighted by Gasteiger charge is -2.02. The van der Waals surface area contributed by atoms with Gasteiger partial charge in [0.2, 0.25) is 0 Å². The predicted octanol–water partition coefficient (Wildman–Crippen LogP) is 11.6. The van der Waals surface area contributed by atoms with Gasteiger partial charge in [-0.1, -0.05) is 58.3 Å². The molecule has 0 aliphatic rings. The van der Waals surface area contributed by atoms with Crippen LogP contribution in [0.2, 0.25) is 0 Å². The number of rotatable bonds is 10. The van der Waals surface area contributed by atoms with Crippen LogP contribution >= 0.6 is 57.1 Å². The molecule has 0 saturated heterocycles. The van der Waals surface area contributed by atoms with Crippen LogP contribution in [0, 0.1) is 0 Å². The highest BCUT2D eigenvalue weighted by atomic mass is 32.1. The molecule has 2 N–H and O–H groups in total. The van der Waals surface area contributed by atoms with Crippen molar-refractivity contribution in [2.45, 2.75) is 71.1 Å². The smallest absolute Gasteiger partial charge is 0.116 e. The van der Waals surface area contributed by atoms with Gasteiger partial charge < -0.3 is 9.97 Å². The van der Waals surface area contributed by atoms with Crippen molar-refractivity contribution >= 4 is 129 Å². The van der Waals surface area contributed by atoms with Gasteiger partial charge in [0.05, 0.1) is 57.3 Å². The topological polar surface area (TPSA) is 57.4 Å². The lowest BCUT2D eigenvalue weighted by Crippen LogP contribution is -1.84. The first-order chi connectivity index (χ1) is 18.8. The van der Waals surface area contributed by atoms with Crippen molar-refractivity contribution in [3.05, 3.63) is 22.4 Å². The third-order valence-corrected chi connectivity index (χ3v) is 13.2. The molecule has 0 fully saturated rings. The Balaban J connectivity index is 1.15. The van der Waals surface area contributed by atoms with Crippen LogP contribution in [0.4, 0.5) is 0 Å². The summed E-state index contributed by atoms with van der Waals surface area (Å²) in [7, 11) is 0. The highest BCUT2D eigenvalue weighted by Crippen LogP contribution is 2.50. The highest BCUT2D eigenvalue weighted by molar-refractivity contribution is 7.33. The number of unbranched alkanes of at least 4 members (excludes halogenated alkanes) is 8.